The Bertz CT molecular complexity index is 459. The second-order valence-electron chi connectivity index (χ2n) is 3.77. The average Bonchev–Trinajstić information content (AvgIpc) is 3.05. The number of Topliss-reactive ketones (excluding diaryl/α,β-unsaturated/α-hetero) is 1. The van der Waals surface area contributed by atoms with Gasteiger partial charge in [-0.15, -0.1) is 0 Å². The van der Waals surface area contributed by atoms with Gasteiger partial charge in [-0.05, 0) is 6.08 Å². The molecule has 1 heterocycles. The standard InChI is InChI=1S/C13H10O2/c14-12(10-6-2-1-3-7-10)13-9-5-4-8-11(13)15-13/h1-9,11H. The monoisotopic (exact) mass is 198 g/mol. The van der Waals surface area contributed by atoms with Gasteiger partial charge in [0.1, 0.15) is 6.10 Å². The number of epoxide rings is 1. The number of carbonyl (C=O) groups excluding carboxylic acids is 1. The van der Waals surface area contributed by atoms with E-state index in [4.69, 9.17) is 4.74 Å². The highest BCUT2D eigenvalue weighted by Gasteiger charge is 2.59. The third-order valence-electron chi connectivity index (χ3n) is 2.82. The molecule has 1 aromatic carbocycles. The van der Waals surface area contributed by atoms with Crippen LogP contribution in [0.5, 0.6) is 0 Å². The van der Waals surface area contributed by atoms with Gasteiger partial charge in [-0.3, -0.25) is 4.79 Å². The molecule has 1 aromatic rings. The van der Waals surface area contributed by atoms with Crippen molar-refractivity contribution in [1.82, 2.24) is 0 Å². The minimum Gasteiger partial charge on any atom is -0.348 e. The van der Waals surface area contributed by atoms with E-state index in [0.717, 1.165) is 0 Å². The van der Waals surface area contributed by atoms with Crippen LogP contribution in [0.25, 0.3) is 0 Å². The van der Waals surface area contributed by atoms with Crippen LogP contribution in [0.15, 0.2) is 54.6 Å². The molecule has 2 unspecified atom stereocenters. The second-order valence-corrected chi connectivity index (χ2v) is 3.77. The van der Waals surface area contributed by atoms with Crippen molar-refractivity contribution in [3.63, 3.8) is 0 Å². The summed E-state index contributed by atoms with van der Waals surface area (Å²) < 4.78 is 5.46. The summed E-state index contributed by atoms with van der Waals surface area (Å²) >= 11 is 0. The highest BCUT2D eigenvalue weighted by molar-refractivity contribution is 6.06. The Kier molecular flexibility index (Phi) is 1.67. The fraction of sp³-hybridized carbons (Fsp3) is 0.154. The second kappa shape index (κ2) is 2.91. The molecule has 0 bridgehead atoms. The molecule has 3 rings (SSSR count). The van der Waals surface area contributed by atoms with Crippen LogP contribution in [0.3, 0.4) is 0 Å². The van der Waals surface area contributed by atoms with Gasteiger partial charge in [0, 0.05) is 5.56 Å². The molecular weight excluding hydrogens is 188 g/mol. The summed E-state index contributed by atoms with van der Waals surface area (Å²) in [4.78, 5) is 12.2. The quantitative estimate of drug-likeness (QED) is 0.538. The van der Waals surface area contributed by atoms with Crippen LogP contribution >= 0.6 is 0 Å². The first-order valence-corrected chi connectivity index (χ1v) is 4.97. The maximum Gasteiger partial charge on any atom is 0.201 e. The Morgan fingerprint density at radius 2 is 2.00 bits per heavy atom. The number of benzene rings is 1. The van der Waals surface area contributed by atoms with Gasteiger partial charge < -0.3 is 4.74 Å². The van der Waals surface area contributed by atoms with E-state index in [2.05, 4.69) is 0 Å². The van der Waals surface area contributed by atoms with E-state index in [9.17, 15) is 4.79 Å². The Labute approximate surface area is 87.9 Å². The molecule has 2 heteroatoms. The Balaban J connectivity index is 1.95. The van der Waals surface area contributed by atoms with Crippen molar-refractivity contribution in [3.05, 3.63) is 60.2 Å². The molecule has 1 saturated heterocycles. The summed E-state index contributed by atoms with van der Waals surface area (Å²) in [6.07, 6.45) is 7.47. The van der Waals surface area contributed by atoms with Crippen LogP contribution in [0.1, 0.15) is 10.4 Å². The lowest BCUT2D eigenvalue weighted by atomic mass is 9.91. The van der Waals surface area contributed by atoms with Crippen molar-refractivity contribution < 1.29 is 9.53 Å². The molecule has 0 N–H and O–H groups in total. The summed E-state index contributed by atoms with van der Waals surface area (Å²) in [5, 5.41) is 0. The van der Waals surface area contributed by atoms with Gasteiger partial charge in [0.2, 0.25) is 5.78 Å². The van der Waals surface area contributed by atoms with Gasteiger partial charge in [0.15, 0.2) is 5.60 Å². The summed E-state index contributed by atoms with van der Waals surface area (Å²) in [6, 6.07) is 9.27. The van der Waals surface area contributed by atoms with E-state index in [1.54, 1.807) is 0 Å². The van der Waals surface area contributed by atoms with Crippen molar-refractivity contribution in [2.75, 3.05) is 0 Å². The summed E-state index contributed by atoms with van der Waals surface area (Å²) in [5.74, 6) is 0.0497. The maximum absolute atomic E-state index is 12.2. The number of carbonyl (C=O) groups is 1. The van der Waals surface area contributed by atoms with Crippen LogP contribution in [-0.2, 0) is 4.74 Å². The number of allylic oxidation sites excluding steroid dienone is 2. The zero-order valence-corrected chi connectivity index (χ0v) is 8.09. The van der Waals surface area contributed by atoms with E-state index >= 15 is 0 Å². The first-order chi connectivity index (χ1) is 7.33. The van der Waals surface area contributed by atoms with Gasteiger partial charge in [0.25, 0.3) is 0 Å². The smallest absolute Gasteiger partial charge is 0.201 e. The van der Waals surface area contributed by atoms with Crippen molar-refractivity contribution in [2.45, 2.75) is 11.7 Å². The third-order valence-corrected chi connectivity index (χ3v) is 2.82. The largest absolute Gasteiger partial charge is 0.348 e. The van der Waals surface area contributed by atoms with E-state index < -0.39 is 5.60 Å². The molecule has 0 aromatic heterocycles. The molecule has 2 nitrogen and oxygen atoms in total. The van der Waals surface area contributed by atoms with Gasteiger partial charge in [-0.2, -0.15) is 0 Å². The van der Waals surface area contributed by atoms with Gasteiger partial charge >= 0.3 is 0 Å². The van der Waals surface area contributed by atoms with Crippen molar-refractivity contribution >= 4 is 5.78 Å². The lowest BCUT2D eigenvalue weighted by Gasteiger charge is -2.07. The molecule has 2 atom stereocenters. The zero-order valence-electron chi connectivity index (χ0n) is 8.09. The van der Waals surface area contributed by atoms with Gasteiger partial charge in [-0.25, -0.2) is 0 Å². The van der Waals surface area contributed by atoms with Gasteiger partial charge in [-0.1, -0.05) is 48.6 Å². The summed E-state index contributed by atoms with van der Waals surface area (Å²) in [5.41, 5.74) is 0.00998. The maximum atomic E-state index is 12.2. The molecule has 0 amide bonds. The highest BCUT2D eigenvalue weighted by Crippen LogP contribution is 2.43. The lowest BCUT2D eigenvalue weighted by molar-refractivity contribution is 0.0909. The number of hydrogen-bond donors (Lipinski definition) is 0. The predicted octanol–water partition coefficient (Wildman–Crippen LogP) is 2.13. The summed E-state index contributed by atoms with van der Waals surface area (Å²) in [6.45, 7) is 0. The molecule has 74 valence electrons. The van der Waals surface area contributed by atoms with Crippen LogP contribution in [0, 0.1) is 0 Å². The molecule has 1 fully saturated rings. The van der Waals surface area contributed by atoms with E-state index in [1.807, 2.05) is 54.6 Å². The molecular formula is C13H10O2. The topological polar surface area (TPSA) is 29.6 Å². The number of rotatable bonds is 2. The number of ketones is 1. The van der Waals surface area contributed by atoms with Crippen molar-refractivity contribution in [2.24, 2.45) is 0 Å². The van der Waals surface area contributed by atoms with Crippen LogP contribution < -0.4 is 0 Å². The SMILES string of the molecule is O=C(c1ccccc1)C12C=CC=CC1O2. The Morgan fingerprint density at radius 3 is 2.73 bits per heavy atom. The fourth-order valence-electron chi connectivity index (χ4n) is 1.93. The first-order valence-electron chi connectivity index (χ1n) is 4.97. The van der Waals surface area contributed by atoms with Crippen molar-refractivity contribution in [3.8, 4) is 0 Å². The zero-order chi connectivity index (χ0) is 10.3. The molecule has 0 radical (unpaired) electrons. The molecule has 2 aliphatic rings. The van der Waals surface area contributed by atoms with Gasteiger partial charge in [0.05, 0.1) is 0 Å². The van der Waals surface area contributed by atoms with E-state index in [-0.39, 0.29) is 11.9 Å². The Morgan fingerprint density at radius 1 is 1.20 bits per heavy atom. The third kappa shape index (κ3) is 1.18. The predicted molar refractivity (Wildman–Crippen MR) is 56.7 cm³/mol. The first kappa shape index (κ1) is 8.62. The fourth-order valence-corrected chi connectivity index (χ4v) is 1.93. The Hall–Kier alpha value is -1.67. The highest BCUT2D eigenvalue weighted by atomic mass is 16.6. The molecule has 1 aliphatic carbocycles. The lowest BCUT2D eigenvalue weighted by Crippen LogP contribution is -2.25. The van der Waals surface area contributed by atoms with Crippen LogP contribution in [0.4, 0.5) is 0 Å². The number of hydrogen-bond acceptors (Lipinski definition) is 2. The normalized spacial score (nSPS) is 31.1. The van der Waals surface area contributed by atoms with E-state index in [1.165, 1.54) is 0 Å². The molecule has 0 saturated carbocycles. The molecule has 15 heavy (non-hydrogen) atoms. The minimum atomic E-state index is -0.698. The van der Waals surface area contributed by atoms with Crippen LogP contribution in [-0.4, -0.2) is 17.5 Å². The van der Waals surface area contributed by atoms with Crippen molar-refractivity contribution in [1.29, 1.82) is 0 Å². The molecule has 0 spiro atoms. The average molecular weight is 198 g/mol. The summed E-state index contributed by atoms with van der Waals surface area (Å²) in [7, 11) is 0. The number of ether oxygens (including phenoxy) is 1. The molecule has 1 aliphatic heterocycles. The van der Waals surface area contributed by atoms with Crippen LogP contribution in [0.2, 0.25) is 0 Å². The van der Waals surface area contributed by atoms with E-state index in [0.29, 0.717) is 5.56 Å². The minimum absolute atomic E-state index is 0.0497. The number of fused-ring (bicyclic) bond motifs is 1.